The summed E-state index contributed by atoms with van der Waals surface area (Å²) < 4.78 is 26.9. The molecule has 0 aliphatic heterocycles. The fraction of sp³-hybridized carbons (Fsp3) is 0.412. The first kappa shape index (κ1) is 18.3. The maximum absolute atomic E-state index is 13.9. The number of aryl methyl sites for hydroxylation is 1. The van der Waals surface area contributed by atoms with E-state index < -0.39 is 11.6 Å². The van der Waals surface area contributed by atoms with Crippen LogP contribution < -0.4 is 10.6 Å². The first-order chi connectivity index (χ1) is 11.5. The predicted molar refractivity (Wildman–Crippen MR) is 94.2 cm³/mol. The zero-order chi connectivity index (χ0) is 17.5. The molecule has 1 unspecified atom stereocenters. The van der Waals surface area contributed by atoms with Gasteiger partial charge >= 0.3 is 0 Å². The highest BCUT2D eigenvalue weighted by Crippen LogP contribution is 2.18. The molecule has 2 N–H and O–H groups in total. The third kappa shape index (κ3) is 4.99. The molecule has 0 spiro atoms. The molecule has 24 heavy (non-hydrogen) atoms. The Hall–Kier alpha value is -2.02. The summed E-state index contributed by atoms with van der Waals surface area (Å²) in [4.78, 5) is 10.0. The van der Waals surface area contributed by atoms with Gasteiger partial charge in [-0.05, 0) is 26.3 Å². The van der Waals surface area contributed by atoms with Gasteiger partial charge < -0.3 is 10.6 Å². The Morgan fingerprint density at radius 1 is 1.33 bits per heavy atom. The van der Waals surface area contributed by atoms with Crippen LogP contribution in [0.2, 0.25) is 0 Å². The molecule has 0 fully saturated rings. The highest BCUT2D eigenvalue weighted by molar-refractivity contribution is 7.11. The molecule has 0 aliphatic carbocycles. The monoisotopic (exact) mass is 352 g/mol. The average Bonchev–Trinajstić information content (AvgIpc) is 3.00. The molecule has 0 saturated carbocycles. The number of benzene rings is 1. The Balaban J connectivity index is 2.07. The van der Waals surface area contributed by atoms with E-state index in [2.05, 4.69) is 27.5 Å². The van der Waals surface area contributed by atoms with E-state index in [4.69, 9.17) is 0 Å². The maximum Gasteiger partial charge on any atom is 0.192 e. The lowest BCUT2D eigenvalue weighted by atomic mass is 10.1. The lowest BCUT2D eigenvalue weighted by Gasteiger charge is -2.18. The van der Waals surface area contributed by atoms with Crippen LogP contribution in [0.4, 0.5) is 8.78 Å². The maximum atomic E-state index is 13.9. The lowest BCUT2D eigenvalue weighted by molar-refractivity contribution is 0.551. The number of halogens is 2. The number of nitrogens with zero attached hydrogens (tertiary/aromatic N) is 2. The molecule has 7 heteroatoms. The van der Waals surface area contributed by atoms with Gasteiger partial charge in [-0.2, -0.15) is 0 Å². The van der Waals surface area contributed by atoms with Gasteiger partial charge in [-0.15, -0.1) is 11.3 Å². The Morgan fingerprint density at radius 2 is 2.12 bits per heavy atom. The summed E-state index contributed by atoms with van der Waals surface area (Å²) in [5, 5.41) is 7.20. The number of aromatic nitrogens is 1. The number of nitrogens with one attached hydrogen (secondary N) is 2. The minimum Gasteiger partial charge on any atom is -0.357 e. The second kappa shape index (κ2) is 8.73. The van der Waals surface area contributed by atoms with E-state index in [0.29, 0.717) is 24.6 Å². The van der Waals surface area contributed by atoms with Gasteiger partial charge in [0.15, 0.2) is 5.96 Å². The van der Waals surface area contributed by atoms with Crippen molar-refractivity contribution in [3.63, 3.8) is 0 Å². The molecule has 1 aromatic carbocycles. The van der Waals surface area contributed by atoms with Crippen molar-refractivity contribution in [2.45, 2.75) is 39.8 Å². The van der Waals surface area contributed by atoms with Crippen LogP contribution in [-0.2, 0) is 13.0 Å². The third-order valence-corrected chi connectivity index (χ3v) is 4.58. The molecular formula is C17H22F2N4S. The normalized spacial score (nSPS) is 13.0. The van der Waals surface area contributed by atoms with Crippen molar-refractivity contribution in [2.75, 3.05) is 6.54 Å². The topological polar surface area (TPSA) is 49.3 Å². The van der Waals surface area contributed by atoms with Gasteiger partial charge in [0.05, 0.1) is 12.6 Å². The van der Waals surface area contributed by atoms with E-state index in [1.165, 1.54) is 17.0 Å². The molecule has 130 valence electrons. The average molecular weight is 352 g/mol. The summed E-state index contributed by atoms with van der Waals surface area (Å²) in [6, 6.07) is 3.24. The van der Waals surface area contributed by atoms with Gasteiger partial charge in [0, 0.05) is 29.2 Å². The summed E-state index contributed by atoms with van der Waals surface area (Å²) in [5.74, 6) is -0.583. The molecule has 2 rings (SSSR count). The van der Waals surface area contributed by atoms with Crippen LogP contribution in [0.25, 0.3) is 0 Å². The standard InChI is InChI=1S/C17H22F2N4S/c1-4-13-9-21-16(24-13)10-22-17(20-5-2)23-11(3)14-7-6-12(18)8-15(14)19/h6-9,11H,4-5,10H2,1-3H3,(H2,20,22,23). The van der Waals surface area contributed by atoms with Crippen LogP contribution in [-0.4, -0.2) is 17.5 Å². The number of hydrogen-bond acceptors (Lipinski definition) is 3. The van der Waals surface area contributed by atoms with Crippen LogP contribution in [0.1, 0.15) is 42.3 Å². The van der Waals surface area contributed by atoms with Crippen molar-refractivity contribution in [3.8, 4) is 0 Å². The van der Waals surface area contributed by atoms with Crippen molar-refractivity contribution in [2.24, 2.45) is 4.99 Å². The van der Waals surface area contributed by atoms with Crippen LogP contribution in [0.15, 0.2) is 29.4 Å². The van der Waals surface area contributed by atoms with Gasteiger partial charge in [0.1, 0.15) is 16.6 Å². The molecule has 0 bridgehead atoms. The zero-order valence-electron chi connectivity index (χ0n) is 14.1. The number of thiazole rings is 1. The zero-order valence-corrected chi connectivity index (χ0v) is 14.9. The summed E-state index contributed by atoms with van der Waals surface area (Å²) in [5.41, 5.74) is 0.393. The fourth-order valence-corrected chi connectivity index (χ4v) is 2.97. The predicted octanol–water partition coefficient (Wildman–Crippen LogP) is 3.80. The number of rotatable bonds is 6. The van der Waals surface area contributed by atoms with Crippen molar-refractivity contribution in [3.05, 3.63) is 51.5 Å². The van der Waals surface area contributed by atoms with Crippen LogP contribution in [0.3, 0.4) is 0 Å². The number of guanidine groups is 1. The summed E-state index contributed by atoms with van der Waals surface area (Å²) in [6.45, 7) is 6.99. The van der Waals surface area contributed by atoms with E-state index in [1.54, 1.807) is 11.3 Å². The van der Waals surface area contributed by atoms with Crippen molar-refractivity contribution < 1.29 is 8.78 Å². The molecule has 0 radical (unpaired) electrons. The minimum absolute atomic E-state index is 0.342. The van der Waals surface area contributed by atoms with E-state index in [-0.39, 0.29) is 6.04 Å². The summed E-state index contributed by atoms with van der Waals surface area (Å²) >= 11 is 1.64. The smallest absolute Gasteiger partial charge is 0.192 e. The summed E-state index contributed by atoms with van der Waals surface area (Å²) in [7, 11) is 0. The fourth-order valence-electron chi connectivity index (χ4n) is 2.19. The second-order valence-electron chi connectivity index (χ2n) is 5.30. The SMILES string of the molecule is CCNC(=NCc1ncc(CC)s1)NC(C)c1ccc(F)cc1F. The molecule has 1 atom stereocenters. The Bertz CT molecular complexity index is 700. The molecule has 0 aliphatic rings. The van der Waals surface area contributed by atoms with Gasteiger partial charge in [-0.3, -0.25) is 0 Å². The number of aliphatic imine (C=N–C) groups is 1. The van der Waals surface area contributed by atoms with E-state index in [1.807, 2.05) is 20.0 Å². The third-order valence-electron chi connectivity index (χ3n) is 3.45. The Morgan fingerprint density at radius 3 is 2.75 bits per heavy atom. The van der Waals surface area contributed by atoms with Crippen LogP contribution >= 0.6 is 11.3 Å². The van der Waals surface area contributed by atoms with Crippen molar-refractivity contribution in [1.82, 2.24) is 15.6 Å². The largest absolute Gasteiger partial charge is 0.357 e. The van der Waals surface area contributed by atoms with Gasteiger partial charge in [-0.1, -0.05) is 13.0 Å². The number of hydrogen-bond donors (Lipinski definition) is 2. The van der Waals surface area contributed by atoms with Gasteiger partial charge in [0.25, 0.3) is 0 Å². The van der Waals surface area contributed by atoms with Crippen molar-refractivity contribution >= 4 is 17.3 Å². The van der Waals surface area contributed by atoms with E-state index >= 15 is 0 Å². The van der Waals surface area contributed by atoms with Gasteiger partial charge in [-0.25, -0.2) is 18.8 Å². The molecule has 1 heterocycles. The molecule has 4 nitrogen and oxygen atoms in total. The van der Waals surface area contributed by atoms with Crippen LogP contribution in [0, 0.1) is 11.6 Å². The first-order valence-corrected chi connectivity index (χ1v) is 8.78. The highest BCUT2D eigenvalue weighted by Gasteiger charge is 2.13. The van der Waals surface area contributed by atoms with E-state index in [9.17, 15) is 8.78 Å². The summed E-state index contributed by atoms with van der Waals surface area (Å²) in [6.07, 6.45) is 2.83. The lowest BCUT2D eigenvalue weighted by Crippen LogP contribution is -2.39. The molecule has 2 aromatic rings. The Labute approximate surface area is 145 Å². The molecular weight excluding hydrogens is 330 g/mol. The van der Waals surface area contributed by atoms with Crippen LogP contribution in [0.5, 0.6) is 0 Å². The van der Waals surface area contributed by atoms with Crippen molar-refractivity contribution in [1.29, 1.82) is 0 Å². The Kier molecular flexibility index (Phi) is 6.66. The highest BCUT2D eigenvalue weighted by atomic mass is 32.1. The minimum atomic E-state index is -0.584. The van der Waals surface area contributed by atoms with E-state index in [0.717, 1.165) is 17.5 Å². The second-order valence-corrected chi connectivity index (χ2v) is 6.50. The first-order valence-electron chi connectivity index (χ1n) is 7.96. The molecule has 0 amide bonds. The molecule has 1 aromatic heterocycles. The molecule has 0 saturated heterocycles. The van der Waals surface area contributed by atoms with Gasteiger partial charge in [0.2, 0.25) is 0 Å². The quantitative estimate of drug-likeness (QED) is 0.614.